The zero-order valence-corrected chi connectivity index (χ0v) is 17.9. The first-order chi connectivity index (χ1) is 16.0. The maximum absolute atomic E-state index is 13.6. The van der Waals surface area contributed by atoms with E-state index in [0.717, 1.165) is 35.6 Å². The minimum atomic E-state index is -0.511. The molecule has 168 valence electrons. The van der Waals surface area contributed by atoms with E-state index < -0.39 is 11.7 Å². The Hall–Kier alpha value is -4.14. The molecule has 2 aromatic heterocycles. The van der Waals surface area contributed by atoms with E-state index in [1.807, 2.05) is 35.0 Å². The Labute approximate surface area is 188 Å². The number of H-pyrrole nitrogens is 1. The number of nitrogens with one attached hydrogen (secondary N) is 2. The number of benzene rings is 2. The molecule has 4 N–H and O–H groups in total. The number of carbonyl (C=O) groups excluding carboxylic acids is 1. The Morgan fingerprint density at radius 1 is 1.27 bits per heavy atom. The number of amides is 1. The van der Waals surface area contributed by atoms with Gasteiger partial charge >= 0.3 is 0 Å². The van der Waals surface area contributed by atoms with Crippen LogP contribution in [0.1, 0.15) is 34.8 Å². The fourth-order valence-corrected chi connectivity index (χ4v) is 4.03. The molecule has 1 saturated carbocycles. The lowest BCUT2D eigenvalue weighted by atomic mass is 10.0. The Morgan fingerprint density at radius 2 is 2.03 bits per heavy atom. The van der Waals surface area contributed by atoms with Gasteiger partial charge in [-0.25, -0.2) is 9.49 Å². The number of anilines is 1. The van der Waals surface area contributed by atoms with Crippen molar-refractivity contribution in [1.29, 1.82) is 0 Å². The quantitative estimate of drug-likeness (QED) is 0.419. The highest BCUT2D eigenvalue weighted by Gasteiger charge is 2.28. The number of aromatic amines is 1. The number of nitrogens with zero attached hydrogens (tertiary/aromatic N) is 2. The van der Waals surface area contributed by atoms with E-state index in [2.05, 4.69) is 15.5 Å². The summed E-state index contributed by atoms with van der Waals surface area (Å²) < 4.78 is 20.7. The number of rotatable bonds is 6. The van der Waals surface area contributed by atoms with Gasteiger partial charge in [0.2, 0.25) is 0 Å². The third-order valence-corrected chi connectivity index (χ3v) is 5.85. The first-order valence-corrected chi connectivity index (χ1v) is 10.6. The van der Waals surface area contributed by atoms with Crippen LogP contribution in [0, 0.1) is 5.82 Å². The van der Waals surface area contributed by atoms with Gasteiger partial charge in [0.15, 0.2) is 5.82 Å². The third-order valence-electron chi connectivity index (χ3n) is 5.85. The van der Waals surface area contributed by atoms with Crippen molar-refractivity contribution in [1.82, 2.24) is 20.1 Å². The first-order valence-electron chi connectivity index (χ1n) is 10.6. The van der Waals surface area contributed by atoms with Gasteiger partial charge in [0.05, 0.1) is 18.1 Å². The summed E-state index contributed by atoms with van der Waals surface area (Å²) in [6.07, 6.45) is 4.02. The molecule has 4 aromatic rings. The molecule has 0 atom stereocenters. The predicted molar refractivity (Wildman–Crippen MR) is 123 cm³/mol. The summed E-state index contributed by atoms with van der Waals surface area (Å²) in [4.78, 5) is 25.0. The van der Waals surface area contributed by atoms with Crippen molar-refractivity contribution in [2.75, 3.05) is 12.8 Å². The molecule has 8 nitrogen and oxygen atoms in total. The molecule has 1 aliphatic rings. The Kier molecular flexibility index (Phi) is 5.08. The van der Waals surface area contributed by atoms with Crippen molar-refractivity contribution in [3.05, 3.63) is 76.0 Å². The number of fused-ring (bicyclic) bond motifs is 1. The highest BCUT2D eigenvalue weighted by Crippen LogP contribution is 2.41. The number of nitrogens with two attached hydrogens (primary N) is 1. The summed E-state index contributed by atoms with van der Waals surface area (Å²) in [6.45, 7) is 0.256. The van der Waals surface area contributed by atoms with Crippen LogP contribution in [0.2, 0.25) is 0 Å². The van der Waals surface area contributed by atoms with E-state index >= 15 is 0 Å². The fraction of sp³-hybridized carbons (Fsp3) is 0.208. The maximum atomic E-state index is 13.6. The molecule has 1 amide bonds. The number of hydrogen-bond acceptors (Lipinski definition) is 5. The zero-order chi connectivity index (χ0) is 23.1. The van der Waals surface area contributed by atoms with Crippen LogP contribution in [0.5, 0.6) is 5.75 Å². The van der Waals surface area contributed by atoms with Crippen LogP contribution in [0.4, 0.5) is 10.2 Å². The van der Waals surface area contributed by atoms with Crippen LogP contribution in [0.25, 0.3) is 22.0 Å². The summed E-state index contributed by atoms with van der Waals surface area (Å²) in [5, 5.41) is 9.84. The van der Waals surface area contributed by atoms with Crippen molar-refractivity contribution in [3.8, 4) is 16.9 Å². The highest BCUT2D eigenvalue weighted by atomic mass is 19.1. The van der Waals surface area contributed by atoms with Crippen LogP contribution in [-0.2, 0) is 6.54 Å². The number of methoxy groups -OCH3 is 1. The van der Waals surface area contributed by atoms with Crippen molar-refractivity contribution >= 4 is 22.6 Å². The molecule has 2 heterocycles. The number of carbonyl (C=O) groups is 1. The molecule has 5 rings (SSSR count). The molecule has 1 aliphatic carbocycles. The van der Waals surface area contributed by atoms with E-state index in [4.69, 9.17) is 10.5 Å². The second-order valence-corrected chi connectivity index (χ2v) is 8.07. The third kappa shape index (κ3) is 3.82. The molecule has 0 aliphatic heterocycles. The van der Waals surface area contributed by atoms with E-state index in [9.17, 15) is 14.0 Å². The molecule has 9 heteroatoms. The van der Waals surface area contributed by atoms with Gasteiger partial charge in [-0.3, -0.25) is 9.59 Å². The van der Waals surface area contributed by atoms with Gasteiger partial charge < -0.3 is 20.4 Å². The minimum absolute atomic E-state index is 0.134. The van der Waals surface area contributed by atoms with Gasteiger partial charge in [0, 0.05) is 24.3 Å². The van der Waals surface area contributed by atoms with Gasteiger partial charge in [-0.15, -0.1) is 0 Å². The number of aromatic nitrogens is 3. The van der Waals surface area contributed by atoms with Crippen LogP contribution in [0.15, 0.2) is 53.5 Å². The van der Waals surface area contributed by atoms with E-state index in [1.54, 1.807) is 0 Å². The molecular weight excluding hydrogens is 425 g/mol. The molecule has 2 aromatic carbocycles. The number of hydrogen-bond donors (Lipinski definition) is 3. The lowest BCUT2D eigenvalue weighted by Gasteiger charge is -2.10. The lowest BCUT2D eigenvalue weighted by molar-refractivity contribution is 0.0947. The summed E-state index contributed by atoms with van der Waals surface area (Å²) >= 11 is 0. The van der Waals surface area contributed by atoms with Crippen molar-refractivity contribution in [3.63, 3.8) is 0 Å². The number of halogens is 1. The molecule has 0 radical (unpaired) electrons. The summed E-state index contributed by atoms with van der Waals surface area (Å²) in [5.41, 5.74) is 9.12. The predicted octanol–water partition coefficient (Wildman–Crippen LogP) is 3.39. The van der Waals surface area contributed by atoms with Crippen molar-refractivity contribution in [2.24, 2.45) is 0 Å². The molecule has 0 unspecified atom stereocenters. The van der Waals surface area contributed by atoms with Crippen LogP contribution < -0.4 is 21.3 Å². The molecule has 0 bridgehead atoms. The summed E-state index contributed by atoms with van der Waals surface area (Å²) in [7, 11) is 1.43. The Morgan fingerprint density at radius 3 is 2.73 bits per heavy atom. The van der Waals surface area contributed by atoms with E-state index in [1.165, 1.54) is 19.2 Å². The van der Waals surface area contributed by atoms with Gasteiger partial charge in [-0.1, -0.05) is 24.3 Å². The second kappa shape index (κ2) is 8.09. The molecule has 0 saturated heterocycles. The SMILES string of the molecule is COc1ccc(F)cc1C(=O)NCc1ccc(-c2cn(C3CC3)c3c(=O)[nH]nc(N)c23)cc1. The molecule has 33 heavy (non-hydrogen) atoms. The van der Waals surface area contributed by atoms with Crippen LogP contribution in [0.3, 0.4) is 0 Å². The fourth-order valence-electron chi connectivity index (χ4n) is 4.03. The smallest absolute Gasteiger partial charge is 0.288 e. The Bertz CT molecular complexity index is 1420. The molecule has 1 fully saturated rings. The van der Waals surface area contributed by atoms with Crippen LogP contribution >= 0.6 is 0 Å². The summed E-state index contributed by atoms with van der Waals surface area (Å²) in [5.74, 6) is -0.360. The normalized spacial score (nSPS) is 13.3. The first kappa shape index (κ1) is 20.7. The minimum Gasteiger partial charge on any atom is -0.496 e. The summed E-state index contributed by atoms with van der Waals surface area (Å²) in [6, 6.07) is 11.7. The van der Waals surface area contributed by atoms with Crippen molar-refractivity contribution < 1.29 is 13.9 Å². The monoisotopic (exact) mass is 447 g/mol. The molecule has 0 spiro atoms. The van der Waals surface area contributed by atoms with Crippen molar-refractivity contribution in [2.45, 2.75) is 25.4 Å². The van der Waals surface area contributed by atoms with Gasteiger partial charge in [-0.2, -0.15) is 5.10 Å². The second-order valence-electron chi connectivity index (χ2n) is 8.07. The van der Waals surface area contributed by atoms with Crippen LogP contribution in [-0.4, -0.2) is 27.8 Å². The topological polar surface area (TPSA) is 115 Å². The van der Waals surface area contributed by atoms with Gasteiger partial charge in [0.25, 0.3) is 11.5 Å². The van der Waals surface area contributed by atoms with E-state index in [0.29, 0.717) is 22.7 Å². The average molecular weight is 447 g/mol. The number of nitrogen functional groups attached to an aromatic ring is 1. The number of ether oxygens (including phenoxy) is 1. The standard InChI is InChI=1S/C24H22FN5O3/c1-33-19-9-6-15(25)10-17(19)23(31)27-11-13-2-4-14(5-3-13)18-12-30(16-7-8-16)21-20(18)22(26)28-29-24(21)32/h2-6,9-10,12,16H,7-8,11H2,1H3,(H2,26,28)(H,27,31)(H,29,32). The Balaban J connectivity index is 1.39. The van der Waals surface area contributed by atoms with Gasteiger partial charge in [-0.05, 0) is 42.2 Å². The zero-order valence-electron chi connectivity index (χ0n) is 17.9. The highest BCUT2D eigenvalue weighted by molar-refractivity contribution is 6.02. The molecular formula is C24H22FN5O3. The average Bonchev–Trinajstić information content (AvgIpc) is 3.59. The largest absolute Gasteiger partial charge is 0.496 e. The lowest BCUT2D eigenvalue weighted by Crippen LogP contribution is -2.23. The maximum Gasteiger partial charge on any atom is 0.288 e. The van der Waals surface area contributed by atoms with Gasteiger partial charge in [0.1, 0.15) is 17.1 Å². The van der Waals surface area contributed by atoms with E-state index in [-0.39, 0.29) is 23.5 Å².